The summed E-state index contributed by atoms with van der Waals surface area (Å²) in [5, 5.41) is 11.6. The van der Waals surface area contributed by atoms with Crippen LogP contribution in [0.5, 0.6) is 0 Å². The molecule has 1 aromatic carbocycles. The largest absolute Gasteiger partial charge is 0.383 e. The summed E-state index contributed by atoms with van der Waals surface area (Å²) < 4.78 is 0.745. The molecule has 3 N–H and O–H groups in total. The third kappa shape index (κ3) is 2.62. The van der Waals surface area contributed by atoms with Gasteiger partial charge in [-0.3, -0.25) is 0 Å². The van der Waals surface area contributed by atoms with E-state index >= 15 is 0 Å². The zero-order valence-electron chi connectivity index (χ0n) is 11.4. The molecule has 0 saturated heterocycles. The number of aryl methyl sites for hydroxylation is 1. The molecule has 0 fully saturated rings. The number of anilines is 1. The van der Waals surface area contributed by atoms with E-state index < -0.39 is 6.10 Å². The fourth-order valence-electron chi connectivity index (χ4n) is 2.27. The van der Waals surface area contributed by atoms with Gasteiger partial charge in [0.1, 0.15) is 11.9 Å². The second-order valence-electron chi connectivity index (χ2n) is 4.94. The fraction of sp³-hybridized carbons (Fsp3) is 0.125. The van der Waals surface area contributed by atoms with Crippen molar-refractivity contribution in [3.8, 4) is 0 Å². The van der Waals surface area contributed by atoms with E-state index in [1.807, 2.05) is 43.3 Å². The van der Waals surface area contributed by atoms with Crippen LogP contribution in [0.2, 0.25) is 0 Å². The molecule has 106 valence electrons. The van der Waals surface area contributed by atoms with E-state index in [2.05, 4.69) is 25.9 Å². The third-order valence-electron chi connectivity index (χ3n) is 3.34. The second-order valence-corrected chi connectivity index (χ2v) is 5.79. The van der Waals surface area contributed by atoms with Gasteiger partial charge in [-0.25, -0.2) is 9.97 Å². The van der Waals surface area contributed by atoms with Crippen molar-refractivity contribution in [1.82, 2.24) is 9.97 Å². The number of aromatic nitrogens is 2. The lowest BCUT2D eigenvalue weighted by Crippen LogP contribution is -2.08. The average Bonchev–Trinajstić information content (AvgIpc) is 2.48. The highest BCUT2D eigenvalue weighted by Crippen LogP contribution is 2.31. The first-order chi connectivity index (χ1) is 10.1. The van der Waals surface area contributed by atoms with Crippen molar-refractivity contribution in [1.29, 1.82) is 0 Å². The predicted molar refractivity (Wildman–Crippen MR) is 86.9 cm³/mol. The zero-order chi connectivity index (χ0) is 15.0. The number of nitrogens with two attached hydrogens (primary N) is 1. The normalized spacial score (nSPS) is 12.5. The van der Waals surface area contributed by atoms with Gasteiger partial charge in [-0.05, 0) is 46.6 Å². The highest BCUT2D eigenvalue weighted by molar-refractivity contribution is 9.10. The molecule has 1 atom stereocenters. The van der Waals surface area contributed by atoms with Gasteiger partial charge in [0.15, 0.2) is 0 Å². The molecule has 4 nitrogen and oxygen atoms in total. The first kappa shape index (κ1) is 14.0. The Bertz CT molecular complexity index is 820. The SMILES string of the molecule is Cc1cnc(N)c(C(O)c2nc3ccccc3cc2Br)c1. The summed E-state index contributed by atoms with van der Waals surface area (Å²) >= 11 is 3.47. The molecule has 0 spiro atoms. The van der Waals surface area contributed by atoms with E-state index in [4.69, 9.17) is 5.73 Å². The molecule has 3 aromatic rings. The van der Waals surface area contributed by atoms with Crippen LogP contribution >= 0.6 is 15.9 Å². The lowest BCUT2D eigenvalue weighted by atomic mass is 10.0. The van der Waals surface area contributed by atoms with Crippen LogP contribution < -0.4 is 5.73 Å². The van der Waals surface area contributed by atoms with E-state index in [0.29, 0.717) is 17.1 Å². The Morgan fingerprint density at radius 2 is 2.00 bits per heavy atom. The number of pyridine rings is 2. The topological polar surface area (TPSA) is 72.0 Å². The van der Waals surface area contributed by atoms with Gasteiger partial charge in [-0.15, -0.1) is 0 Å². The zero-order valence-corrected chi connectivity index (χ0v) is 13.0. The van der Waals surface area contributed by atoms with Crippen LogP contribution in [0.1, 0.15) is 22.9 Å². The van der Waals surface area contributed by atoms with Gasteiger partial charge in [-0.2, -0.15) is 0 Å². The molecule has 3 rings (SSSR count). The Hall–Kier alpha value is -1.98. The number of halogens is 1. The second kappa shape index (κ2) is 5.42. The van der Waals surface area contributed by atoms with Crippen molar-refractivity contribution in [2.75, 3.05) is 5.73 Å². The van der Waals surface area contributed by atoms with Crippen LogP contribution in [0.4, 0.5) is 5.82 Å². The molecule has 0 aliphatic carbocycles. The first-order valence-electron chi connectivity index (χ1n) is 6.51. The Morgan fingerprint density at radius 3 is 2.81 bits per heavy atom. The van der Waals surface area contributed by atoms with E-state index in [0.717, 1.165) is 20.9 Å². The maximum Gasteiger partial charge on any atom is 0.129 e. The molecule has 0 aliphatic rings. The summed E-state index contributed by atoms with van der Waals surface area (Å²) in [6.07, 6.45) is 0.755. The Labute approximate surface area is 130 Å². The molecule has 0 bridgehead atoms. The smallest absolute Gasteiger partial charge is 0.129 e. The van der Waals surface area contributed by atoms with Gasteiger partial charge in [0.25, 0.3) is 0 Å². The van der Waals surface area contributed by atoms with Gasteiger partial charge < -0.3 is 10.8 Å². The Morgan fingerprint density at radius 1 is 1.24 bits per heavy atom. The number of nitrogens with zero attached hydrogens (tertiary/aromatic N) is 2. The van der Waals surface area contributed by atoms with Gasteiger partial charge in [0.2, 0.25) is 0 Å². The van der Waals surface area contributed by atoms with Crippen molar-refractivity contribution >= 4 is 32.7 Å². The lowest BCUT2D eigenvalue weighted by molar-refractivity contribution is 0.215. The van der Waals surface area contributed by atoms with Crippen LogP contribution in [0.25, 0.3) is 10.9 Å². The number of aliphatic hydroxyl groups is 1. The molecule has 0 aliphatic heterocycles. The van der Waals surface area contributed by atoms with Crippen LogP contribution in [0.3, 0.4) is 0 Å². The first-order valence-corrected chi connectivity index (χ1v) is 7.31. The standard InChI is InChI=1S/C16H14BrN3O/c1-9-6-11(16(18)19-8-9)15(21)14-12(17)7-10-4-2-3-5-13(10)20-14/h2-8,15,21H,1H3,(H2,18,19). The van der Waals surface area contributed by atoms with Crippen molar-refractivity contribution in [3.05, 3.63) is 63.9 Å². The maximum atomic E-state index is 10.6. The number of rotatable bonds is 2. The van der Waals surface area contributed by atoms with Crippen molar-refractivity contribution < 1.29 is 5.11 Å². The lowest BCUT2D eigenvalue weighted by Gasteiger charge is -2.15. The average molecular weight is 344 g/mol. The summed E-state index contributed by atoms with van der Waals surface area (Å²) in [6.45, 7) is 1.91. The third-order valence-corrected chi connectivity index (χ3v) is 3.98. The predicted octanol–water partition coefficient (Wildman–Crippen LogP) is 3.36. The number of aliphatic hydroxyl groups excluding tert-OH is 1. The van der Waals surface area contributed by atoms with Crippen LogP contribution in [-0.4, -0.2) is 15.1 Å². The molecule has 21 heavy (non-hydrogen) atoms. The van der Waals surface area contributed by atoms with E-state index in [-0.39, 0.29) is 0 Å². The molecule has 2 aromatic heterocycles. The summed E-state index contributed by atoms with van der Waals surface area (Å²) in [4.78, 5) is 8.63. The van der Waals surface area contributed by atoms with E-state index in [9.17, 15) is 5.11 Å². The number of hydrogen-bond acceptors (Lipinski definition) is 4. The Kier molecular flexibility index (Phi) is 3.61. The monoisotopic (exact) mass is 343 g/mol. The van der Waals surface area contributed by atoms with Gasteiger partial charge in [-0.1, -0.05) is 18.2 Å². The summed E-state index contributed by atoms with van der Waals surface area (Å²) in [7, 11) is 0. The number of nitrogen functional groups attached to an aromatic ring is 1. The molecule has 2 heterocycles. The Balaban J connectivity index is 2.14. The minimum absolute atomic E-state index is 0.315. The number of hydrogen-bond donors (Lipinski definition) is 2. The van der Waals surface area contributed by atoms with E-state index in [1.54, 1.807) is 6.20 Å². The molecule has 5 heteroatoms. The van der Waals surface area contributed by atoms with Crippen LogP contribution in [0, 0.1) is 6.92 Å². The maximum absolute atomic E-state index is 10.6. The molecular formula is C16H14BrN3O. The molecule has 0 saturated carbocycles. The van der Waals surface area contributed by atoms with Gasteiger partial charge >= 0.3 is 0 Å². The number of para-hydroxylation sites is 1. The van der Waals surface area contributed by atoms with E-state index in [1.165, 1.54) is 0 Å². The molecule has 1 unspecified atom stereocenters. The molecular weight excluding hydrogens is 330 g/mol. The minimum atomic E-state index is -0.920. The van der Waals surface area contributed by atoms with Gasteiger partial charge in [0, 0.05) is 21.6 Å². The van der Waals surface area contributed by atoms with Crippen molar-refractivity contribution in [2.24, 2.45) is 0 Å². The summed E-state index contributed by atoms with van der Waals surface area (Å²) in [6, 6.07) is 11.5. The minimum Gasteiger partial charge on any atom is -0.383 e. The quantitative estimate of drug-likeness (QED) is 0.748. The fourth-order valence-corrected chi connectivity index (χ4v) is 2.82. The highest BCUT2D eigenvalue weighted by atomic mass is 79.9. The summed E-state index contributed by atoms with van der Waals surface area (Å²) in [5.74, 6) is 0.315. The van der Waals surface area contributed by atoms with Crippen LogP contribution in [-0.2, 0) is 0 Å². The molecule has 0 radical (unpaired) electrons. The highest BCUT2D eigenvalue weighted by Gasteiger charge is 2.19. The molecule has 0 amide bonds. The number of fused-ring (bicyclic) bond motifs is 1. The number of benzene rings is 1. The van der Waals surface area contributed by atoms with Gasteiger partial charge in [0.05, 0.1) is 11.2 Å². The van der Waals surface area contributed by atoms with Crippen molar-refractivity contribution in [3.63, 3.8) is 0 Å². The van der Waals surface area contributed by atoms with Crippen LogP contribution in [0.15, 0.2) is 47.1 Å². The summed E-state index contributed by atoms with van der Waals surface area (Å²) in [5.41, 5.74) is 8.75. The van der Waals surface area contributed by atoms with Crippen molar-refractivity contribution in [2.45, 2.75) is 13.0 Å².